The predicted molar refractivity (Wildman–Crippen MR) is 430 cm³/mol. The number of nitrogens with two attached hydrogens (primary N) is 1. The van der Waals surface area contributed by atoms with Crippen molar-refractivity contribution in [1.82, 2.24) is 5.32 Å². The molecule has 2 fully saturated rings. The maximum atomic E-state index is 13.6. The predicted octanol–water partition coefficient (Wildman–Crippen LogP) is 9.65. The van der Waals surface area contributed by atoms with Crippen LogP contribution in [0.5, 0.6) is 23.0 Å². The average molecular weight is 1780 g/mol. The van der Waals surface area contributed by atoms with Gasteiger partial charge >= 0.3 is 30.4 Å². The van der Waals surface area contributed by atoms with Crippen LogP contribution in [0.4, 0.5) is 0 Å². The molecule has 0 radical (unpaired) electrons. The van der Waals surface area contributed by atoms with Gasteiger partial charge in [0.1, 0.15) is 59.1 Å². The Hall–Kier alpha value is -6.45. The van der Waals surface area contributed by atoms with Crippen molar-refractivity contribution < 1.29 is 168 Å². The first-order chi connectivity index (χ1) is 55.6. The summed E-state index contributed by atoms with van der Waals surface area (Å²) in [6.45, 7) is 25.5. The van der Waals surface area contributed by atoms with Gasteiger partial charge in [0.25, 0.3) is 0 Å². The maximum Gasteiger partial charge on any atom is 0.337 e. The van der Waals surface area contributed by atoms with Crippen LogP contribution >= 0.6 is 42.8 Å². The number of phenolic OH excluding ortho intramolecular Hbond substituents is 4. The molecule has 0 bridgehead atoms. The van der Waals surface area contributed by atoms with Gasteiger partial charge in [0, 0.05) is 102 Å². The second kappa shape index (κ2) is 47.4. The van der Waals surface area contributed by atoms with Crippen LogP contribution in [-0.2, 0) is 110 Å². The number of hydrogen-bond donors (Lipinski definition) is 12. The number of phenols is 4. The summed E-state index contributed by atoms with van der Waals surface area (Å²) in [5.74, 6) is -6.24. The Labute approximate surface area is 695 Å². The Morgan fingerprint density at radius 3 is 1.11 bits per heavy atom. The lowest BCUT2D eigenvalue weighted by molar-refractivity contribution is -0.465. The Morgan fingerprint density at radius 2 is 0.815 bits per heavy atom. The number of aliphatic hydroxyl groups is 4. The molecule has 0 amide bonds. The molecule has 4 aliphatic carbocycles. The maximum absolute atomic E-state index is 13.6. The van der Waals surface area contributed by atoms with Crippen molar-refractivity contribution in [2.24, 2.45) is 5.73 Å². The fourth-order valence-electron chi connectivity index (χ4n) is 13.9. The van der Waals surface area contributed by atoms with Crippen LogP contribution in [0.25, 0.3) is 0 Å². The summed E-state index contributed by atoms with van der Waals surface area (Å²) in [7, 11) is -12.4. The number of ketones is 6. The van der Waals surface area contributed by atoms with E-state index < -0.39 is 179 Å². The van der Waals surface area contributed by atoms with Crippen molar-refractivity contribution in [3.8, 4) is 23.0 Å². The molecule has 0 aromatic heterocycles. The number of rotatable bonds is 32. The van der Waals surface area contributed by atoms with Crippen LogP contribution in [0.1, 0.15) is 207 Å². The first-order valence-corrected chi connectivity index (χ1v) is 45.0. The third kappa shape index (κ3) is 26.1. The molecule has 10 rings (SSSR count). The van der Waals surface area contributed by atoms with Crippen LogP contribution < -0.4 is 11.1 Å². The van der Waals surface area contributed by atoms with E-state index in [0.29, 0.717) is 52.2 Å². The summed E-state index contributed by atoms with van der Waals surface area (Å²) in [4.78, 5) is 98.8. The zero-order valence-electron chi connectivity index (χ0n) is 68.2. The molecule has 0 spiro atoms. The number of fused-ring (bicyclic) bond motifs is 6. The van der Waals surface area contributed by atoms with Crippen molar-refractivity contribution in [2.45, 2.75) is 194 Å². The molecule has 6 aliphatic rings. The van der Waals surface area contributed by atoms with Crippen molar-refractivity contribution in [3.63, 3.8) is 0 Å². The van der Waals surface area contributed by atoms with E-state index in [1.54, 1.807) is 99.6 Å². The number of ether oxygens (including phenoxy) is 4. The molecular formula is C77H111ClN2O35P4. The van der Waals surface area contributed by atoms with Gasteiger partial charge in [-0.15, -0.1) is 19.0 Å². The quantitative estimate of drug-likeness (QED) is 0.00466. The van der Waals surface area contributed by atoms with E-state index in [-0.39, 0.29) is 144 Å². The number of hydrogen-bond acceptors (Lipinski definition) is 37. The topological polar surface area (TPSA) is 565 Å². The van der Waals surface area contributed by atoms with Crippen LogP contribution in [0.3, 0.4) is 0 Å². The van der Waals surface area contributed by atoms with Gasteiger partial charge in [-0.25, -0.2) is 10.5 Å². The normalized spacial score (nSPS) is 23.5. The fourth-order valence-corrected chi connectivity index (χ4v) is 19.3. The molecule has 2 saturated heterocycles. The number of carbonyl (C=O) groups is 8. The number of carbonyl (C=O) groups excluding carboxylic acids is 8. The van der Waals surface area contributed by atoms with Crippen LogP contribution in [0.2, 0.25) is 0 Å². The second-order valence-corrected chi connectivity index (χ2v) is 35.7. The zero-order valence-corrected chi connectivity index (χ0v) is 72.6. The molecule has 119 heavy (non-hydrogen) atoms. The van der Waals surface area contributed by atoms with Crippen LogP contribution in [0.15, 0.2) is 61.2 Å². The summed E-state index contributed by atoms with van der Waals surface area (Å²) in [5.41, 5.74) is 0.544. The minimum absolute atomic E-state index is 0. The number of aliphatic hydroxyl groups excluding tert-OH is 2. The Bertz CT molecular complexity index is 4260. The first kappa shape index (κ1) is 105. The molecule has 12 atom stereocenters. The largest absolute Gasteiger partial charge is 0.507 e. The van der Waals surface area contributed by atoms with E-state index in [9.17, 15) is 97.5 Å². The Balaban J connectivity index is 0.000000357. The molecule has 0 unspecified atom stereocenters. The molecular weight excluding hydrogens is 1670 g/mol. The van der Waals surface area contributed by atoms with Crippen LogP contribution in [-0.4, -0.2) is 243 Å². The lowest BCUT2D eigenvalue weighted by Crippen LogP contribution is -2.55. The van der Waals surface area contributed by atoms with E-state index in [2.05, 4.69) is 16.9 Å². The minimum atomic E-state index is -3.35. The van der Waals surface area contributed by atoms with E-state index in [1.807, 2.05) is 0 Å². The molecule has 4 aromatic carbocycles. The third-order valence-electron chi connectivity index (χ3n) is 19.3. The molecule has 37 nitrogen and oxygen atoms in total. The SMILES string of the molecule is C=CCP(=O)(OCC)OCC.CC(=O)[C@]1(O)Cc2c(O)c3c(c(O)c2[C@@H](O[C@H]2C[C@H](N)[C@H](O)[C@H](C)O2)C1)C(=O)c1ccccc1C3=O.CCOP(=O)(CC=O)OCC.CCOP(=O)(CC=O)OCC.CCOP(=O)(CCN[C@H]1C[C@H](O[C@H]2C[C@](O)(C(C)=O)Cc3c(O)c4c(c(O)c32)C(=O)c2ccccc2C4=O)O[C@@H](C)[C@H]1O)OCC.Cl.OOO. The lowest BCUT2D eigenvalue weighted by Gasteiger charge is -2.43. The van der Waals surface area contributed by atoms with Crippen molar-refractivity contribution in [1.29, 1.82) is 0 Å². The van der Waals surface area contributed by atoms with Crippen molar-refractivity contribution in [2.75, 3.05) is 84.0 Å². The number of benzene rings is 4. The summed E-state index contributed by atoms with van der Waals surface area (Å²) in [6.07, 6.45) is -6.49. The molecule has 666 valence electrons. The van der Waals surface area contributed by atoms with Gasteiger partial charge in [-0.2, -0.15) is 0 Å². The average Bonchev–Trinajstić information content (AvgIpc) is 0.718. The highest BCUT2D eigenvalue weighted by molar-refractivity contribution is 7.55. The highest BCUT2D eigenvalue weighted by atomic mass is 35.5. The van der Waals surface area contributed by atoms with Crippen molar-refractivity contribution >= 4 is 90.1 Å². The Kier molecular flexibility index (Phi) is 41.8. The number of allylic oxidation sites excluding steroid dienone is 1. The summed E-state index contributed by atoms with van der Waals surface area (Å²) in [5, 5.41) is 108. The number of halogens is 1. The number of aromatic hydroxyl groups is 4. The standard InChI is InChI=1S/C32H40NO12P.C26H27NO9.C7H15O3P.2C6H13O4P.ClH.H2O3/c1-5-42-46(41,43-6-2)12-11-33-21-13-23(44-16(3)27(21)35)45-22-15-32(40,17(4)34)14-20-24(22)31(39)26-25(30(20)38)28(36)18-9-7-8-10-19(18)29(26)37;1-10-21(29)15(27)7-17(35-10)36-16-9-26(34,11(2)28)8-14-18(16)25(33)20-19(24(14)32)22(30)12-5-3-4-6-13(12)23(20)31;1-4-7-11(8,9-5-2)10-6-3;2*1-3-9-11(8,6-5-7)10-4-2;;1-3-2/h7-10,16,21-23,27,33,35,38-40H,5-6,11-15H2,1-4H3;3-6,10,15-17,21,29,32-34H,7-9,27H2,1-2H3;4H,1,5-7H2,2-3H3;2*5H,3-4,6H2,1-2H3;1H;1-2H/t16-,21-,22-,23-,27+,32-;10-,15-,16-,17-,21+,26-;;;;;/m00...../s1. The zero-order chi connectivity index (χ0) is 88.6. The molecule has 2 aliphatic heterocycles. The molecule has 0 saturated carbocycles. The number of nitrogens with one attached hydrogen (secondary N) is 1. The van der Waals surface area contributed by atoms with Gasteiger partial charge in [-0.1, -0.05) is 59.6 Å². The lowest BCUT2D eigenvalue weighted by atomic mass is 9.72. The molecule has 13 N–H and O–H groups in total. The van der Waals surface area contributed by atoms with Gasteiger partial charge in [0.2, 0.25) is 0 Å². The molecule has 2 heterocycles. The van der Waals surface area contributed by atoms with Gasteiger partial charge in [-0.05, 0) is 83.1 Å². The van der Waals surface area contributed by atoms with E-state index in [4.69, 9.17) is 71.4 Å². The monoisotopic (exact) mass is 1780 g/mol. The van der Waals surface area contributed by atoms with Gasteiger partial charge in [-0.3, -0.25) is 47.0 Å². The van der Waals surface area contributed by atoms with Crippen LogP contribution in [0, 0.1) is 0 Å². The summed E-state index contributed by atoms with van der Waals surface area (Å²) in [6, 6.07) is 10.8. The minimum Gasteiger partial charge on any atom is -0.507 e. The van der Waals surface area contributed by atoms with E-state index >= 15 is 0 Å². The smallest absolute Gasteiger partial charge is 0.337 e. The second-order valence-electron chi connectivity index (χ2n) is 27.3. The first-order valence-electron chi connectivity index (χ1n) is 38.1. The highest BCUT2D eigenvalue weighted by Gasteiger charge is 2.52. The van der Waals surface area contributed by atoms with Gasteiger partial charge in [0.15, 0.2) is 47.3 Å². The van der Waals surface area contributed by atoms with Gasteiger partial charge < -0.3 is 117 Å². The highest BCUT2D eigenvalue weighted by Crippen LogP contribution is 2.56. The summed E-state index contributed by atoms with van der Waals surface area (Å²) < 4.78 is 111. The Morgan fingerprint density at radius 1 is 0.521 bits per heavy atom. The molecule has 42 heteroatoms. The van der Waals surface area contributed by atoms with E-state index in [0.717, 1.165) is 0 Å². The molecule has 4 aromatic rings. The van der Waals surface area contributed by atoms with Crippen molar-refractivity contribution in [3.05, 3.63) is 128 Å². The summed E-state index contributed by atoms with van der Waals surface area (Å²) >= 11 is 0. The van der Waals surface area contributed by atoms with E-state index in [1.165, 1.54) is 38.1 Å². The van der Waals surface area contributed by atoms with Gasteiger partial charge in [0.05, 0.1) is 124 Å². The number of aldehydes is 2. The fraction of sp³-hybridized carbons (Fsp3) is 0.558. The third-order valence-corrected chi connectivity index (χ3v) is 27.2. The number of Topliss-reactive ketones (excluding diaryl/α,β-unsaturated/α-hetero) is 2.